The molecule has 1 aliphatic heterocycles. The van der Waals surface area contributed by atoms with Crippen LogP contribution in [0.15, 0.2) is 21.7 Å². The van der Waals surface area contributed by atoms with E-state index in [9.17, 15) is 9.59 Å². The summed E-state index contributed by atoms with van der Waals surface area (Å²) in [5, 5.41) is 4.42. The number of carbonyl (C=O) groups excluding carboxylic acids is 1. The zero-order valence-corrected chi connectivity index (χ0v) is 14.1. The number of amides is 1. The first-order valence-electron chi connectivity index (χ1n) is 7.77. The molecule has 0 aliphatic carbocycles. The number of nitrogens with one attached hydrogen (secondary N) is 1. The molecule has 0 unspecified atom stereocenters. The van der Waals surface area contributed by atoms with Gasteiger partial charge in [-0.15, -0.1) is 11.3 Å². The van der Waals surface area contributed by atoms with E-state index in [2.05, 4.69) is 15.1 Å². The van der Waals surface area contributed by atoms with Crippen molar-refractivity contribution in [1.82, 2.24) is 20.0 Å². The van der Waals surface area contributed by atoms with Crippen molar-refractivity contribution in [1.29, 1.82) is 0 Å². The summed E-state index contributed by atoms with van der Waals surface area (Å²) in [6.07, 6.45) is 3.13. The maximum absolute atomic E-state index is 13.1. The Bertz CT molecular complexity index is 987. The van der Waals surface area contributed by atoms with Gasteiger partial charge in [0.1, 0.15) is 4.83 Å². The number of nitrogens with zero attached hydrogens (tertiary/aromatic N) is 3. The van der Waals surface area contributed by atoms with E-state index in [1.54, 1.807) is 6.92 Å². The fourth-order valence-electron chi connectivity index (χ4n) is 3.26. The van der Waals surface area contributed by atoms with Gasteiger partial charge in [0.05, 0.1) is 28.3 Å². The van der Waals surface area contributed by atoms with Gasteiger partial charge in [0.2, 0.25) is 0 Å². The van der Waals surface area contributed by atoms with Gasteiger partial charge in [-0.3, -0.25) is 9.59 Å². The van der Waals surface area contributed by atoms with Gasteiger partial charge >= 0.3 is 0 Å². The van der Waals surface area contributed by atoms with Crippen LogP contribution < -0.4 is 5.56 Å². The van der Waals surface area contributed by atoms with Crippen LogP contribution in [0.4, 0.5) is 0 Å². The van der Waals surface area contributed by atoms with Crippen LogP contribution in [0.2, 0.25) is 0 Å². The van der Waals surface area contributed by atoms with Gasteiger partial charge in [0, 0.05) is 12.6 Å². The topological polar surface area (TPSA) is 92.1 Å². The Labute approximate surface area is 141 Å². The fourth-order valence-corrected chi connectivity index (χ4v) is 4.36. The second kappa shape index (κ2) is 5.55. The maximum Gasteiger partial charge on any atom is 0.264 e. The second-order valence-corrected chi connectivity index (χ2v) is 6.99. The molecule has 8 heteroatoms. The van der Waals surface area contributed by atoms with E-state index in [0.29, 0.717) is 33.0 Å². The Balaban J connectivity index is 1.74. The molecule has 7 nitrogen and oxygen atoms in total. The lowest BCUT2D eigenvalue weighted by Gasteiger charge is -2.22. The Morgan fingerprint density at radius 3 is 3.00 bits per heavy atom. The average molecular weight is 344 g/mol. The number of carbonyl (C=O) groups is 1. The van der Waals surface area contributed by atoms with E-state index < -0.39 is 0 Å². The fraction of sp³-hybridized carbons (Fsp3) is 0.375. The molecule has 4 heterocycles. The molecule has 0 bridgehead atoms. The Hall–Kier alpha value is -2.48. The first-order chi connectivity index (χ1) is 11.6. The van der Waals surface area contributed by atoms with Gasteiger partial charge in [-0.1, -0.05) is 5.16 Å². The van der Waals surface area contributed by atoms with Crippen LogP contribution in [0, 0.1) is 13.8 Å². The number of H-pyrrole nitrogens is 1. The number of aromatic amines is 1. The van der Waals surface area contributed by atoms with Gasteiger partial charge in [0.15, 0.2) is 5.76 Å². The quantitative estimate of drug-likeness (QED) is 0.771. The summed E-state index contributed by atoms with van der Waals surface area (Å²) in [6, 6.07) is 1.77. The molecular formula is C16H16N4O3S. The Morgan fingerprint density at radius 2 is 2.29 bits per heavy atom. The monoisotopic (exact) mass is 344 g/mol. The molecule has 3 aromatic rings. The number of hydrogen-bond acceptors (Lipinski definition) is 6. The van der Waals surface area contributed by atoms with Crippen molar-refractivity contribution in [2.45, 2.75) is 32.7 Å². The smallest absolute Gasteiger partial charge is 0.264 e. The number of thiophene rings is 1. The van der Waals surface area contributed by atoms with Crippen LogP contribution in [0.25, 0.3) is 10.2 Å². The molecule has 1 N–H and O–H groups in total. The van der Waals surface area contributed by atoms with Crippen molar-refractivity contribution in [2.24, 2.45) is 0 Å². The molecule has 1 aliphatic rings. The zero-order chi connectivity index (χ0) is 16.8. The van der Waals surface area contributed by atoms with E-state index in [1.807, 2.05) is 17.9 Å². The van der Waals surface area contributed by atoms with Gasteiger partial charge < -0.3 is 14.4 Å². The van der Waals surface area contributed by atoms with Crippen LogP contribution >= 0.6 is 11.3 Å². The molecule has 4 rings (SSSR count). The van der Waals surface area contributed by atoms with Crippen molar-refractivity contribution >= 4 is 27.5 Å². The molecule has 124 valence electrons. The minimum Gasteiger partial charge on any atom is -0.359 e. The summed E-state index contributed by atoms with van der Waals surface area (Å²) in [5.74, 6) is 0.638. The average Bonchev–Trinajstić information content (AvgIpc) is 3.25. The summed E-state index contributed by atoms with van der Waals surface area (Å²) in [6.45, 7) is 4.33. The molecule has 0 aromatic carbocycles. The van der Waals surface area contributed by atoms with E-state index >= 15 is 0 Å². The molecule has 0 spiro atoms. The maximum atomic E-state index is 13.1. The van der Waals surface area contributed by atoms with Crippen molar-refractivity contribution in [3.63, 3.8) is 0 Å². The van der Waals surface area contributed by atoms with Crippen molar-refractivity contribution < 1.29 is 9.32 Å². The van der Waals surface area contributed by atoms with Crippen molar-refractivity contribution in [2.75, 3.05) is 6.54 Å². The van der Waals surface area contributed by atoms with Gasteiger partial charge in [-0.2, -0.15) is 0 Å². The summed E-state index contributed by atoms with van der Waals surface area (Å²) in [4.78, 5) is 34.8. The number of likely N-dealkylation sites (tertiary alicyclic amines) is 1. The number of aromatic nitrogens is 3. The first-order valence-corrected chi connectivity index (χ1v) is 8.59. The Morgan fingerprint density at radius 1 is 1.46 bits per heavy atom. The van der Waals surface area contributed by atoms with Gasteiger partial charge in [0.25, 0.3) is 11.5 Å². The third-order valence-corrected chi connectivity index (χ3v) is 5.60. The normalized spacial score (nSPS) is 17.8. The molecule has 24 heavy (non-hydrogen) atoms. The molecule has 1 saturated heterocycles. The van der Waals surface area contributed by atoms with Gasteiger partial charge in [-0.05, 0) is 32.3 Å². The van der Waals surface area contributed by atoms with Crippen LogP contribution in [0.1, 0.15) is 45.6 Å². The predicted molar refractivity (Wildman–Crippen MR) is 89.2 cm³/mol. The number of fused-ring (bicyclic) bond motifs is 1. The summed E-state index contributed by atoms with van der Waals surface area (Å²) in [7, 11) is 0. The Kier molecular flexibility index (Phi) is 3.49. The predicted octanol–water partition coefficient (Wildman–Crippen LogP) is 2.57. The zero-order valence-electron chi connectivity index (χ0n) is 13.3. The largest absolute Gasteiger partial charge is 0.359 e. The minimum absolute atomic E-state index is 0.0774. The van der Waals surface area contributed by atoms with E-state index in [4.69, 9.17) is 4.52 Å². The molecule has 1 fully saturated rings. The summed E-state index contributed by atoms with van der Waals surface area (Å²) in [5.41, 5.74) is 1.28. The third kappa shape index (κ3) is 2.25. The lowest BCUT2D eigenvalue weighted by molar-refractivity contribution is 0.0719. The first kappa shape index (κ1) is 15.1. The lowest BCUT2D eigenvalue weighted by Crippen LogP contribution is -2.30. The molecule has 1 atom stereocenters. The van der Waals surface area contributed by atoms with E-state index in [0.717, 1.165) is 18.5 Å². The number of aryl methyl sites for hydroxylation is 2. The standard InChI is InChI=1S/C16H16N4O3S/c1-8-6-11(23-19-8)10-4-3-5-20(10)16(22)13-9(2)12-14(21)17-7-18-15(12)24-13/h6-7,10H,3-5H2,1-2H3,(H,17,18,21)/t10-/m1/s1. The summed E-state index contributed by atoms with van der Waals surface area (Å²) >= 11 is 1.27. The molecular weight excluding hydrogens is 328 g/mol. The highest BCUT2D eigenvalue weighted by atomic mass is 32.1. The minimum atomic E-state index is -0.211. The van der Waals surface area contributed by atoms with Crippen LogP contribution in [0.3, 0.4) is 0 Å². The molecule has 0 saturated carbocycles. The van der Waals surface area contributed by atoms with E-state index in [1.165, 1.54) is 17.7 Å². The SMILES string of the molecule is Cc1cc([C@H]2CCCN2C(=O)c2sc3nc[nH]c(=O)c3c2C)on1. The summed E-state index contributed by atoms with van der Waals surface area (Å²) < 4.78 is 5.36. The highest BCUT2D eigenvalue weighted by Gasteiger charge is 2.35. The number of hydrogen-bond donors (Lipinski definition) is 1. The van der Waals surface area contributed by atoms with Crippen molar-refractivity contribution in [3.05, 3.63) is 44.6 Å². The molecule has 1 amide bonds. The van der Waals surface area contributed by atoms with Crippen LogP contribution in [0.5, 0.6) is 0 Å². The van der Waals surface area contributed by atoms with Gasteiger partial charge in [-0.25, -0.2) is 4.98 Å². The van der Waals surface area contributed by atoms with E-state index in [-0.39, 0.29) is 17.5 Å². The van der Waals surface area contributed by atoms with Crippen LogP contribution in [-0.2, 0) is 0 Å². The highest BCUT2D eigenvalue weighted by Crippen LogP contribution is 2.36. The number of rotatable bonds is 2. The highest BCUT2D eigenvalue weighted by molar-refractivity contribution is 7.20. The molecule has 3 aromatic heterocycles. The lowest BCUT2D eigenvalue weighted by atomic mass is 10.1. The molecule has 0 radical (unpaired) electrons. The third-order valence-electron chi connectivity index (χ3n) is 4.42. The second-order valence-electron chi connectivity index (χ2n) is 6.00. The van der Waals surface area contributed by atoms with Crippen LogP contribution in [-0.4, -0.2) is 32.5 Å². The van der Waals surface area contributed by atoms with Crippen molar-refractivity contribution in [3.8, 4) is 0 Å².